The maximum atomic E-state index is 5.61. The lowest BCUT2D eigenvalue weighted by Crippen LogP contribution is -2.24. The molecule has 1 saturated heterocycles. The Labute approximate surface area is 101 Å². The summed E-state index contributed by atoms with van der Waals surface area (Å²) in [6.07, 6.45) is 2.95. The lowest BCUT2D eigenvalue weighted by Gasteiger charge is -2.16. The van der Waals surface area contributed by atoms with Crippen LogP contribution in [0, 0.1) is 0 Å². The number of benzene rings is 1. The summed E-state index contributed by atoms with van der Waals surface area (Å²) in [5, 5.41) is 5.96. The van der Waals surface area contributed by atoms with Crippen LogP contribution in [0.15, 0.2) is 36.5 Å². The van der Waals surface area contributed by atoms with Crippen molar-refractivity contribution in [3.8, 4) is 0 Å². The van der Waals surface area contributed by atoms with Gasteiger partial charge in [0.15, 0.2) is 0 Å². The molecule has 3 rings (SSSR count). The molecule has 1 unspecified atom stereocenters. The molecule has 88 valence electrons. The van der Waals surface area contributed by atoms with E-state index >= 15 is 0 Å². The van der Waals surface area contributed by atoms with Crippen molar-refractivity contribution in [2.24, 2.45) is 0 Å². The van der Waals surface area contributed by atoms with Crippen LogP contribution in [0.1, 0.15) is 18.2 Å². The van der Waals surface area contributed by atoms with Crippen molar-refractivity contribution in [2.75, 3.05) is 19.8 Å². The number of pyridine rings is 1. The van der Waals surface area contributed by atoms with Crippen molar-refractivity contribution < 1.29 is 4.74 Å². The Kier molecular flexibility index (Phi) is 3.03. The summed E-state index contributed by atoms with van der Waals surface area (Å²) in [4.78, 5) is 4.53. The summed E-state index contributed by atoms with van der Waals surface area (Å²) in [5.41, 5.74) is 1.10. The van der Waals surface area contributed by atoms with Crippen LogP contribution in [0.2, 0.25) is 0 Å². The van der Waals surface area contributed by atoms with E-state index in [9.17, 15) is 0 Å². The van der Waals surface area contributed by atoms with Crippen LogP contribution in [0.4, 0.5) is 0 Å². The fourth-order valence-electron chi connectivity index (χ4n) is 2.31. The average molecular weight is 228 g/mol. The summed E-state index contributed by atoms with van der Waals surface area (Å²) in [6, 6.07) is 10.6. The lowest BCUT2D eigenvalue weighted by molar-refractivity contribution is 0.131. The zero-order valence-electron chi connectivity index (χ0n) is 9.73. The van der Waals surface area contributed by atoms with Crippen LogP contribution in [0.3, 0.4) is 0 Å². The number of aromatic nitrogens is 1. The van der Waals surface area contributed by atoms with E-state index in [1.54, 1.807) is 0 Å². The Morgan fingerprint density at radius 2 is 2.18 bits per heavy atom. The second-order valence-corrected chi connectivity index (χ2v) is 4.35. The van der Waals surface area contributed by atoms with Crippen molar-refractivity contribution in [3.63, 3.8) is 0 Å². The van der Waals surface area contributed by atoms with Crippen molar-refractivity contribution in [3.05, 3.63) is 42.2 Å². The fourth-order valence-corrected chi connectivity index (χ4v) is 2.31. The molecule has 3 nitrogen and oxygen atoms in total. The molecule has 0 saturated carbocycles. The largest absolute Gasteiger partial charge is 0.379 e. The monoisotopic (exact) mass is 228 g/mol. The van der Waals surface area contributed by atoms with Gasteiger partial charge in [0.05, 0.1) is 18.3 Å². The van der Waals surface area contributed by atoms with Gasteiger partial charge >= 0.3 is 0 Å². The predicted molar refractivity (Wildman–Crippen MR) is 67.9 cm³/mol. The van der Waals surface area contributed by atoms with E-state index in [1.165, 1.54) is 10.8 Å². The third kappa shape index (κ3) is 2.16. The standard InChI is InChI=1S/C14H16N2O/c1-2-5-12-11(4-1)6-8-16-14(12)13-10-17-9-3-7-15-13/h1-2,4-6,8,13,15H,3,7,9-10H2. The number of hydrogen-bond acceptors (Lipinski definition) is 3. The van der Waals surface area contributed by atoms with E-state index < -0.39 is 0 Å². The van der Waals surface area contributed by atoms with Gasteiger partial charge in [-0.1, -0.05) is 24.3 Å². The molecular weight excluding hydrogens is 212 g/mol. The third-order valence-corrected chi connectivity index (χ3v) is 3.18. The first-order valence-electron chi connectivity index (χ1n) is 6.10. The molecule has 0 amide bonds. The van der Waals surface area contributed by atoms with E-state index in [4.69, 9.17) is 4.74 Å². The number of nitrogens with one attached hydrogen (secondary N) is 1. The average Bonchev–Trinajstić information content (AvgIpc) is 2.67. The number of hydrogen-bond donors (Lipinski definition) is 1. The number of fused-ring (bicyclic) bond motifs is 1. The summed E-state index contributed by atoms with van der Waals surface area (Å²) >= 11 is 0. The van der Waals surface area contributed by atoms with Crippen LogP contribution >= 0.6 is 0 Å². The van der Waals surface area contributed by atoms with E-state index in [0.29, 0.717) is 6.61 Å². The highest BCUT2D eigenvalue weighted by atomic mass is 16.5. The first-order chi connectivity index (χ1) is 8.45. The van der Waals surface area contributed by atoms with Crippen LogP contribution in [-0.4, -0.2) is 24.7 Å². The van der Waals surface area contributed by atoms with Crippen molar-refractivity contribution >= 4 is 10.8 Å². The maximum Gasteiger partial charge on any atom is 0.0739 e. The van der Waals surface area contributed by atoms with Crippen molar-refractivity contribution in [2.45, 2.75) is 12.5 Å². The normalized spacial score (nSPS) is 21.3. The molecule has 2 heterocycles. The quantitative estimate of drug-likeness (QED) is 0.813. The summed E-state index contributed by atoms with van der Waals surface area (Å²) in [6.45, 7) is 2.55. The lowest BCUT2D eigenvalue weighted by atomic mass is 10.1. The van der Waals surface area contributed by atoms with Crippen LogP contribution in [0.25, 0.3) is 10.8 Å². The fraction of sp³-hybridized carbons (Fsp3) is 0.357. The molecule has 1 N–H and O–H groups in total. The molecular formula is C14H16N2O. The molecule has 1 aliphatic rings. The van der Waals surface area contributed by atoms with Gasteiger partial charge in [-0.3, -0.25) is 4.98 Å². The van der Waals surface area contributed by atoms with Crippen LogP contribution in [-0.2, 0) is 4.74 Å². The first-order valence-corrected chi connectivity index (χ1v) is 6.10. The van der Waals surface area contributed by atoms with Crippen LogP contribution < -0.4 is 5.32 Å². The van der Waals surface area contributed by atoms with E-state index in [0.717, 1.165) is 25.3 Å². The molecule has 0 bridgehead atoms. The van der Waals surface area contributed by atoms with Gasteiger partial charge < -0.3 is 10.1 Å². The number of nitrogens with zero attached hydrogens (tertiary/aromatic N) is 1. The topological polar surface area (TPSA) is 34.1 Å². The molecule has 1 fully saturated rings. The highest BCUT2D eigenvalue weighted by molar-refractivity contribution is 5.84. The first kappa shape index (κ1) is 10.7. The van der Waals surface area contributed by atoms with Crippen molar-refractivity contribution in [1.29, 1.82) is 0 Å². The predicted octanol–water partition coefficient (Wildman–Crippen LogP) is 2.29. The zero-order valence-corrected chi connectivity index (χ0v) is 9.73. The highest BCUT2D eigenvalue weighted by Gasteiger charge is 2.17. The van der Waals surface area contributed by atoms with Gasteiger partial charge in [0.1, 0.15) is 0 Å². The summed E-state index contributed by atoms with van der Waals surface area (Å²) < 4.78 is 5.61. The Morgan fingerprint density at radius 1 is 1.24 bits per heavy atom. The van der Waals surface area contributed by atoms with Gasteiger partial charge in [0, 0.05) is 18.2 Å². The molecule has 1 aliphatic heterocycles. The van der Waals surface area contributed by atoms with Gasteiger partial charge in [0.25, 0.3) is 0 Å². The Balaban J connectivity index is 2.03. The molecule has 0 radical (unpaired) electrons. The van der Waals surface area contributed by atoms with E-state index in [2.05, 4.69) is 40.6 Å². The minimum atomic E-state index is 0.212. The van der Waals surface area contributed by atoms with E-state index in [1.807, 2.05) is 6.20 Å². The van der Waals surface area contributed by atoms with Gasteiger partial charge in [-0.2, -0.15) is 0 Å². The Hall–Kier alpha value is -1.45. The second kappa shape index (κ2) is 4.82. The molecule has 1 aromatic carbocycles. The Morgan fingerprint density at radius 3 is 3.18 bits per heavy atom. The molecule has 17 heavy (non-hydrogen) atoms. The maximum absolute atomic E-state index is 5.61. The number of rotatable bonds is 1. The van der Waals surface area contributed by atoms with Crippen molar-refractivity contribution in [1.82, 2.24) is 10.3 Å². The SMILES string of the molecule is c1ccc2c(C3COCCCN3)nccc2c1. The zero-order chi connectivity index (χ0) is 11.5. The number of ether oxygens (including phenoxy) is 1. The minimum Gasteiger partial charge on any atom is -0.379 e. The molecule has 2 aromatic rings. The minimum absolute atomic E-state index is 0.212. The molecule has 0 aliphatic carbocycles. The molecule has 1 atom stereocenters. The molecule has 3 heteroatoms. The van der Waals surface area contributed by atoms with Gasteiger partial charge in [-0.15, -0.1) is 0 Å². The highest BCUT2D eigenvalue weighted by Crippen LogP contribution is 2.23. The summed E-state index contributed by atoms with van der Waals surface area (Å²) in [7, 11) is 0. The third-order valence-electron chi connectivity index (χ3n) is 3.18. The summed E-state index contributed by atoms with van der Waals surface area (Å²) in [5.74, 6) is 0. The van der Waals surface area contributed by atoms with Gasteiger partial charge in [-0.05, 0) is 24.4 Å². The smallest absolute Gasteiger partial charge is 0.0739 e. The van der Waals surface area contributed by atoms with Gasteiger partial charge in [0.2, 0.25) is 0 Å². The Bertz CT molecular complexity index is 499. The molecule has 1 aromatic heterocycles. The van der Waals surface area contributed by atoms with Gasteiger partial charge in [-0.25, -0.2) is 0 Å². The van der Waals surface area contributed by atoms with Crippen LogP contribution in [0.5, 0.6) is 0 Å². The molecule has 0 spiro atoms. The second-order valence-electron chi connectivity index (χ2n) is 4.35. The van der Waals surface area contributed by atoms with E-state index in [-0.39, 0.29) is 6.04 Å².